The second-order valence-corrected chi connectivity index (χ2v) is 8.60. The molecule has 0 aliphatic carbocycles. The van der Waals surface area contributed by atoms with Gasteiger partial charge in [-0.2, -0.15) is 0 Å². The van der Waals surface area contributed by atoms with E-state index in [0.717, 1.165) is 12.0 Å². The van der Waals surface area contributed by atoms with E-state index in [1.807, 2.05) is 31.2 Å². The van der Waals surface area contributed by atoms with E-state index in [0.29, 0.717) is 6.42 Å². The number of amides is 1. The van der Waals surface area contributed by atoms with Gasteiger partial charge in [-0.05, 0) is 18.9 Å². The number of carbonyl (C=O) groups is 1. The summed E-state index contributed by atoms with van der Waals surface area (Å²) in [5, 5.41) is 0. The third kappa shape index (κ3) is 19.9. The van der Waals surface area contributed by atoms with E-state index in [1.54, 1.807) is 0 Å². The molecule has 4 heteroatoms. The zero-order chi connectivity index (χ0) is 22.5. The molecule has 0 saturated heterocycles. The Kier molecular flexibility index (Phi) is 19.9. The summed E-state index contributed by atoms with van der Waals surface area (Å²) in [5.74, 6) is -0.153. The Morgan fingerprint density at radius 3 is 1.40 bits per heavy atom. The highest BCUT2D eigenvalue weighted by Gasteiger charge is 1.97. The maximum Gasteiger partial charge on any atom is 0.217 e. The van der Waals surface area contributed by atoms with Gasteiger partial charge in [-0.3, -0.25) is 4.79 Å². The van der Waals surface area contributed by atoms with Crippen LogP contribution in [0.1, 0.15) is 127 Å². The monoisotopic (exact) mass is 419 g/mol. The van der Waals surface area contributed by atoms with Crippen LogP contribution >= 0.6 is 0 Å². The number of nitrogens with two attached hydrogens (primary N) is 3. The van der Waals surface area contributed by atoms with Gasteiger partial charge in [0.25, 0.3) is 0 Å². The van der Waals surface area contributed by atoms with Crippen LogP contribution in [0, 0.1) is 6.92 Å². The number of hydrogen-bond acceptors (Lipinski definition) is 3. The van der Waals surface area contributed by atoms with Crippen LogP contribution in [0.5, 0.6) is 0 Å². The van der Waals surface area contributed by atoms with Crippen molar-refractivity contribution in [2.75, 3.05) is 0 Å². The SMILES string of the molecule is CCCCCCCCCCCCCCCCCC(N)=O.Cc1ccc(C(N)N)cc1. The van der Waals surface area contributed by atoms with Gasteiger partial charge in [0, 0.05) is 6.42 Å². The molecule has 0 saturated carbocycles. The smallest absolute Gasteiger partial charge is 0.217 e. The average molecular weight is 420 g/mol. The lowest BCUT2D eigenvalue weighted by Gasteiger charge is -2.04. The quantitative estimate of drug-likeness (QED) is 0.195. The normalized spacial score (nSPS) is 10.7. The molecule has 0 aliphatic heterocycles. The Bertz CT molecular complexity index is 500. The molecule has 0 unspecified atom stereocenters. The van der Waals surface area contributed by atoms with Crippen LogP contribution in [0.15, 0.2) is 24.3 Å². The van der Waals surface area contributed by atoms with Crippen molar-refractivity contribution in [3.63, 3.8) is 0 Å². The first-order valence-corrected chi connectivity index (χ1v) is 12.3. The summed E-state index contributed by atoms with van der Waals surface area (Å²) in [6.45, 7) is 4.31. The van der Waals surface area contributed by atoms with Crippen LogP contribution in [0.4, 0.5) is 0 Å². The summed E-state index contributed by atoms with van der Waals surface area (Å²) >= 11 is 0. The molecule has 0 aliphatic rings. The number of rotatable bonds is 17. The second-order valence-electron chi connectivity index (χ2n) is 8.60. The second kappa shape index (κ2) is 20.9. The molecule has 6 N–H and O–H groups in total. The topological polar surface area (TPSA) is 95.1 Å². The van der Waals surface area contributed by atoms with Gasteiger partial charge in [0.2, 0.25) is 5.91 Å². The fraction of sp³-hybridized carbons (Fsp3) is 0.731. The van der Waals surface area contributed by atoms with Crippen molar-refractivity contribution in [3.05, 3.63) is 35.4 Å². The molecule has 0 bridgehead atoms. The Hall–Kier alpha value is -1.39. The van der Waals surface area contributed by atoms with Crippen LogP contribution in [0.3, 0.4) is 0 Å². The van der Waals surface area contributed by atoms with Crippen LogP contribution in [-0.2, 0) is 4.79 Å². The largest absolute Gasteiger partial charge is 0.370 e. The van der Waals surface area contributed by atoms with Gasteiger partial charge in [0.05, 0.1) is 6.17 Å². The number of hydrogen-bond donors (Lipinski definition) is 3. The van der Waals surface area contributed by atoms with Crippen LogP contribution in [0.2, 0.25) is 0 Å². The van der Waals surface area contributed by atoms with Gasteiger partial charge < -0.3 is 17.2 Å². The fourth-order valence-electron chi connectivity index (χ4n) is 3.46. The number of primary amides is 1. The minimum Gasteiger partial charge on any atom is -0.370 e. The van der Waals surface area contributed by atoms with Gasteiger partial charge in [-0.25, -0.2) is 0 Å². The van der Waals surface area contributed by atoms with Crippen LogP contribution < -0.4 is 17.2 Å². The van der Waals surface area contributed by atoms with E-state index >= 15 is 0 Å². The Labute approximate surface area is 186 Å². The standard InChI is InChI=1S/C18H37NO.C8H12N2/c1-2-3-4-5-6-7-8-9-10-11-12-13-14-15-16-17-18(19)20;1-6-2-4-7(5-3-6)8(9)10/h2-17H2,1H3,(H2,19,20);2-5,8H,9-10H2,1H3. The van der Waals surface area contributed by atoms with Crippen molar-refractivity contribution >= 4 is 5.91 Å². The molecule has 0 spiro atoms. The zero-order valence-corrected chi connectivity index (χ0v) is 19.8. The van der Waals surface area contributed by atoms with Gasteiger partial charge >= 0.3 is 0 Å². The number of carbonyl (C=O) groups excluding carboxylic acids is 1. The van der Waals surface area contributed by atoms with E-state index in [-0.39, 0.29) is 12.1 Å². The molecule has 1 aromatic carbocycles. The highest BCUT2D eigenvalue weighted by atomic mass is 16.1. The number of benzene rings is 1. The molecular weight excluding hydrogens is 370 g/mol. The highest BCUT2D eigenvalue weighted by Crippen LogP contribution is 2.13. The molecule has 30 heavy (non-hydrogen) atoms. The zero-order valence-electron chi connectivity index (χ0n) is 19.8. The van der Waals surface area contributed by atoms with E-state index < -0.39 is 0 Å². The fourth-order valence-corrected chi connectivity index (χ4v) is 3.46. The van der Waals surface area contributed by atoms with Gasteiger partial charge in [-0.15, -0.1) is 0 Å². The molecule has 174 valence electrons. The molecule has 1 aromatic rings. The number of aryl methyl sites for hydroxylation is 1. The molecular formula is C26H49N3O. The van der Waals surface area contributed by atoms with Crippen molar-refractivity contribution in [3.8, 4) is 0 Å². The summed E-state index contributed by atoms with van der Waals surface area (Å²) in [6.07, 6.45) is 20.5. The molecule has 4 nitrogen and oxygen atoms in total. The Morgan fingerprint density at radius 1 is 0.700 bits per heavy atom. The summed E-state index contributed by atoms with van der Waals surface area (Å²) in [6, 6.07) is 7.89. The Balaban J connectivity index is 0.000000696. The molecule has 0 fully saturated rings. The first kappa shape index (κ1) is 28.6. The van der Waals surface area contributed by atoms with Crippen molar-refractivity contribution in [1.29, 1.82) is 0 Å². The molecule has 0 radical (unpaired) electrons. The molecule has 0 aromatic heterocycles. The molecule has 1 amide bonds. The first-order chi connectivity index (χ1) is 14.5. The van der Waals surface area contributed by atoms with Crippen molar-refractivity contribution in [1.82, 2.24) is 0 Å². The van der Waals surface area contributed by atoms with E-state index in [4.69, 9.17) is 17.2 Å². The van der Waals surface area contributed by atoms with E-state index in [9.17, 15) is 4.79 Å². The van der Waals surface area contributed by atoms with E-state index in [2.05, 4.69) is 6.92 Å². The minimum absolute atomic E-state index is 0.153. The minimum atomic E-state index is -0.347. The van der Waals surface area contributed by atoms with Crippen LogP contribution in [-0.4, -0.2) is 5.91 Å². The van der Waals surface area contributed by atoms with Crippen molar-refractivity contribution in [2.24, 2.45) is 17.2 Å². The van der Waals surface area contributed by atoms with Crippen LogP contribution in [0.25, 0.3) is 0 Å². The average Bonchev–Trinajstić information content (AvgIpc) is 2.71. The Morgan fingerprint density at radius 2 is 1.07 bits per heavy atom. The molecule has 0 atom stereocenters. The maximum atomic E-state index is 10.6. The maximum absolute atomic E-state index is 10.6. The third-order valence-corrected chi connectivity index (χ3v) is 5.49. The van der Waals surface area contributed by atoms with Gasteiger partial charge in [-0.1, -0.05) is 127 Å². The van der Waals surface area contributed by atoms with Gasteiger partial charge in [0.1, 0.15) is 0 Å². The summed E-state index contributed by atoms with van der Waals surface area (Å²) in [4.78, 5) is 10.6. The summed E-state index contributed by atoms with van der Waals surface area (Å²) < 4.78 is 0. The first-order valence-electron chi connectivity index (χ1n) is 12.3. The number of unbranched alkanes of at least 4 members (excludes halogenated alkanes) is 14. The molecule has 1 rings (SSSR count). The van der Waals surface area contributed by atoms with Crippen molar-refractivity contribution < 1.29 is 4.79 Å². The third-order valence-electron chi connectivity index (χ3n) is 5.49. The summed E-state index contributed by atoms with van der Waals surface area (Å²) in [5.41, 5.74) is 18.2. The lowest BCUT2D eigenvalue weighted by Crippen LogP contribution is -2.19. The molecule has 0 heterocycles. The predicted molar refractivity (Wildman–Crippen MR) is 131 cm³/mol. The summed E-state index contributed by atoms with van der Waals surface area (Å²) in [7, 11) is 0. The highest BCUT2D eigenvalue weighted by molar-refractivity contribution is 5.73. The predicted octanol–water partition coefficient (Wildman–Crippen LogP) is 6.64. The van der Waals surface area contributed by atoms with Gasteiger partial charge in [0.15, 0.2) is 0 Å². The van der Waals surface area contributed by atoms with Crippen molar-refractivity contribution in [2.45, 2.75) is 123 Å². The lowest BCUT2D eigenvalue weighted by atomic mass is 10.0. The lowest BCUT2D eigenvalue weighted by molar-refractivity contribution is -0.118. The van der Waals surface area contributed by atoms with E-state index in [1.165, 1.54) is 95.5 Å².